The molecule has 0 aromatic heterocycles. The van der Waals surface area contributed by atoms with Gasteiger partial charge in [-0.1, -0.05) is 71.2 Å². The largest absolute Gasteiger partial charge is 0.359 e. The summed E-state index contributed by atoms with van der Waals surface area (Å²) in [4.78, 5) is 0. The van der Waals surface area contributed by atoms with Crippen LogP contribution in [0.5, 0.6) is 0 Å². The highest BCUT2D eigenvalue weighted by molar-refractivity contribution is 7.86. The van der Waals surface area contributed by atoms with E-state index in [1.165, 1.54) is 7.11 Å². The molecule has 0 bridgehead atoms. The fraction of sp³-hybridized carbons (Fsp3) is 0.636. The van der Waals surface area contributed by atoms with E-state index in [9.17, 15) is 8.42 Å². The summed E-state index contributed by atoms with van der Waals surface area (Å²) in [6.07, 6.45) is -0.725. The van der Waals surface area contributed by atoms with Crippen LogP contribution in [0.25, 0.3) is 0 Å². The molecule has 0 heterocycles. The van der Waals surface area contributed by atoms with Crippen molar-refractivity contribution in [1.29, 1.82) is 0 Å². The van der Waals surface area contributed by atoms with Gasteiger partial charge in [0, 0.05) is 12.1 Å². The normalized spacial score (nSPS) is 14.7. The first-order valence-electron chi connectivity index (χ1n) is 10.1. The van der Waals surface area contributed by atoms with Gasteiger partial charge in [-0.3, -0.25) is 4.18 Å². The van der Waals surface area contributed by atoms with Gasteiger partial charge < -0.3 is 9.47 Å². The molecular formula is C22H35ClO5SSi. The SMILES string of the molecule is COCO[C@@H](c1ccc(Cl)cc1)[C@@H](C#C[Si](C(C)C)(C(C)C)C(C)C)OS(C)(=O)=O. The first-order chi connectivity index (χ1) is 13.8. The third kappa shape index (κ3) is 7.36. The summed E-state index contributed by atoms with van der Waals surface area (Å²) < 4.78 is 40.4. The Morgan fingerprint density at radius 2 is 1.50 bits per heavy atom. The van der Waals surface area contributed by atoms with Crippen molar-refractivity contribution in [2.45, 2.75) is 70.4 Å². The van der Waals surface area contributed by atoms with Crippen molar-refractivity contribution in [3.8, 4) is 11.5 Å². The van der Waals surface area contributed by atoms with Crippen molar-refractivity contribution in [1.82, 2.24) is 0 Å². The van der Waals surface area contributed by atoms with E-state index >= 15 is 0 Å². The second-order valence-corrected chi connectivity index (χ2v) is 16.1. The zero-order valence-corrected chi connectivity index (χ0v) is 21.8. The van der Waals surface area contributed by atoms with Gasteiger partial charge in [0.15, 0.2) is 6.10 Å². The van der Waals surface area contributed by atoms with Crippen LogP contribution in [0.15, 0.2) is 24.3 Å². The van der Waals surface area contributed by atoms with E-state index < -0.39 is 30.4 Å². The molecule has 0 aliphatic heterocycles. The van der Waals surface area contributed by atoms with Crippen LogP contribution < -0.4 is 0 Å². The molecule has 1 aromatic carbocycles. The molecule has 30 heavy (non-hydrogen) atoms. The Labute approximate surface area is 188 Å². The Morgan fingerprint density at radius 1 is 1.00 bits per heavy atom. The van der Waals surface area contributed by atoms with E-state index in [2.05, 4.69) is 53.0 Å². The minimum atomic E-state index is -3.77. The summed E-state index contributed by atoms with van der Waals surface area (Å²) in [6.45, 7) is 13.2. The van der Waals surface area contributed by atoms with Gasteiger partial charge in [0.25, 0.3) is 10.1 Å². The predicted molar refractivity (Wildman–Crippen MR) is 126 cm³/mol. The molecule has 1 rings (SSSR count). The van der Waals surface area contributed by atoms with E-state index in [0.717, 1.165) is 6.26 Å². The Morgan fingerprint density at radius 3 is 1.90 bits per heavy atom. The van der Waals surface area contributed by atoms with Crippen molar-refractivity contribution in [3.05, 3.63) is 34.9 Å². The molecule has 0 amide bonds. The number of ether oxygens (including phenoxy) is 2. The average Bonchev–Trinajstić information content (AvgIpc) is 2.61. The molecule has 2 atom stereocenters. The Hall–Kier alpha value is -0.883. The van der Waals surface area contributed by atoms with E-state index in [1.54, 1.807) is 24.3 Å². The summed E-state index contributed by atoms with van der Waals surface area (Å²) in [5.41, 5.74) is 5.46. The first-order valence-corrected chi connectivity index (χ1v) is 14.5. The molecular weight excluding hydrogens is 440 g/mol. The molecule has 5 nitrogen and oxygen atoms in total. The quantitative estimate of drug-likeness (QED) is 0.192. The number of halogens is 1. The lowest BCUT2D eigenvalue weighted by Gasteiger charge is -2.38. The molecule has 0 aliphatic carbocycles. The molecule has 0 N–H and O–H groups in total. The number of rotatable bonds is 10. The van der Waals surface area contributed by atoms with Crippen molar-refractivity contribution in [3.63, 3.8) is 0 Å². The van der Waals surface area contributed by atoms with Crippen molar-refractivity contribution < 1.29 is 22.1 Å². The summed E-state index contributed by atoms with van der Waals surface area (Å²) in [5.74, 6) is 3.18. The van der Waals surface area contributed by atoms with Crippen molar-refractivity contribution in [2.75, 3.05) is 20.2 Å². The van der Waals surface area contributed by atoms with Crippen LogP contribution in [-0.2, 0) is 23.8 Å². The third-order valence-corrected chi connectivity index (χ3v) is 12.5. The zero-order chi connectivity index (χ0) is 23.1. The second kappa shape index (κ2) is 11.7. The van der Waals surface area contributed by atoms with E-state index in [4.69, 9.17) is 25.3 Å². The lowest BCUT2D eigenvalue weighted by molar-refractivity contribution is -0.0968. The van der Waals surface area contributed by atoms with Crippen molar-refractivity contribution in [2.24, 2.45) is 0 Å². The first kappa shape index (κ1) is 27.2. The Balaban J connectivity index is 3.57. The minimum Gasteiger partial charge on any atom is -0.359 e. The van der Waals surface area contributed by atoms with Crippen LogP contribution in [0.3, 0.4) is 0 Å². The highest BCUT2D eigenvalue weighted by Gasteiger charge is 2.42. The molecule has 0 fully saturated rings. The summed E-state index contributed by atoms with van der Waals surface area (Å²) in [6, 6.07) is 7.00. The molecule has 0 unspecified atom stereocenters. The molecule has 8 heteroatoms. The highest BCUT2D eigenvalue weighted by Crippen LogP contribution is 2.41. The molecule has 0 saturated carbocycles. The maximum Gasteiger partial charge on any atom is 0.265 e. The topological polar surface area (TPSA) is 61.8 Å². The van der Waals surface area contributed by atoms with E-state index in [1.807, 2.05) is 0 Å². The number of benzene rings is 1. The summed E-state index contributed by atoms with van der Waals surface area (Å²) >= 11 is 6.02. The summed E-state index contributed by atoms with van der Waals surface area (Å²) in [7, 11) is -4.36. The monoisotopic (exact) mass is 474 g/mol. The third-order valence-electron chi connectivity index (χ3n) is 5.41. The summed E-state index contributed by atoms with van der Waals surface area (Å²) in [5, 5.41) is 0.571. The maximum absolute atomic E-state index is 12.0. The van der Waals surface area contributed by atoms with E-state index in [0.29, 0.717) is 27.2 Å². The van der Waals surface area contributed by atoms with Crippen LogP contribution in [0, 0.1) is 11.5 Å². The van der Waals surface area contributed by atoms with Gasteiger partial charge in [-0.15, -0.1) is 5.54 Å². The van der Waals surface area contributed by atoms with Crippen LogP contribution in [0.4, 0.5) is 0 Å². The molecule has 0 spiro atoms. The smallest absolute Gasteiger partial charge is 0.265 e. The number of hydrogen-bond acceptors (Lipinski definition) is 5. The van der Waals surface area contributed by atoms with Crippen LogP contribution in [0.2, 0.25) is 21.6 Å². The zero-order valence-electron chi connectivity index (χ0n) is 19.2. The van der Waals surface area contributed by atoms with Gasteiger partial charge in [-0.05, 0) is 34.3 Å². The lowest BCUT2D eigenvalue weighted by atomic mass is 10.0. The highest BCUT2D eigenvalue weighted by atomic mass is 35.5. The minimum absolute atomic E-state index is 0.0281. The van der Waals surface area contributed by atoms with Gasteiger partial charge in [-0.2, -0.15) is 8.42 Å². The molecule has 170 valence electrons. The van der Waals surface area contributed by atoms with E-state index in [-0.39, 0.29) is 6.79 Å². The van der Waals surface area contributed by atoms with Gasteiger partial charge in [-0.25, -0.2) is 0 Å². The van der Waals surface area contributed by atoms with Crippen molar-refractivity contribution >= 4 is 29.8 Å². The van der Waals surface area contributed by atoms with Crippen LogP contribution in [-0.4, -0.2) is 42.8 Å². The molecule has 0 radical (unpaired) electrons. The van der Waals surface area contributed by atoms with Gasteiger partial charge in [0.05, 0.1) is 6.26 Å². The maximum atomic E-state index is 12.0. The standard InChI is InChI=1S/C22H35ClO5SSi/c1-16(2)30(17(3)4,18(5)6)14-13-21(28-29(8,24)25)22(27-15-26-7)19-9-11-20(23)12-10-19/h9-12,16-18,21-22H,15H2,1-8H3/t21-,22+/m1/s1. The van der Waals surface area contributed by atoms with Crippen LogP contribution in [0.1, 0.15) is 53.2 Å². The lowest BCUT2D eigenvalue weighted by Crippen LogP contribution is -2.43. The number of methoxy groups -OCH3 is 1. The van der Waals surface area contributed by atoms with Gasteiger partial charge in [0.2, 0.25) is 0 Å². The predicted octanol–water partition coefficient (Wildman–Crippen LogP) is 5.57. The van der Waals surface area contributed by atoms with Gasteiger partial charge in [0.1, 0.15) is 21.0 Å². The average molecular weight is 475 g/mol. The van der Waals surface area contributed by atoms with Crippen LogP contribution >= 0.6 is 11.6 Å². The fourth-order valence-electron chi connectivity index (χ4n) is 4.12. The number of hydrogen-bond donors (Lipinski definition) is 0. The fourth-order valence-corrected chi connectivity index (χ4v) is 10.0. The Bertz CT molecular complexity index is 804. The molecule has 0 aliphatic rings. The van der Waals surface area contributed by atoms with Gasteiger partial charge >= 0.3 is 0 Å². The Kier molecular flexibility index (Phi) is 10.5. The second-order valence-electron chi connectivity index (χ2n) is 8.43. The molecule has 1 aromatic rings. The molecule has 0 saturated heterocycles.